The SMILES string of the molecule is C1=CC2Oc3ccc(-c4ccc5oc6ccc(C7C=Cc8ccc9cccc%10c9c8C7=CC%10)cc6c5c4)cc3C2C=C1c1ccc2ccc3cccc4ccc1c2c34.c1cc2ccc3ccc(-c4ccc5oc6c(-c7cccc8c7oc7ccccc78)cccc6c5c4)c4ccc(c1)c2c34.c1ccc2c(c1)oc1c(-c3ccc4ccc5c(-c6cccc7c6oc6ccccc67)ccc6ccc3c4c65)cccc12. The average Bonchev–Trinajstić information content (AvgIpc) is 1.55. The van der Waals surface area contributed by atoms with Crippen LogP contribution in [0.15, 0.2) is 459 Å². The van der Waals surface area contributed by atoms with E-state index < -0.39 is 0 Å². The number of allylic oxidation sites excluding steroid dienone is 5. The van der Waals surface area contributed by atoms with Crippen molar-refractivity contribution < 1.29 is 26.8 Å². The van der Waals surface area contributed by atoms with Crippen LogP contribution in [0, 0.1) is 0 Å². The third-order valence-corrected chi connectivity index (χ3v) is 31.7. The molecule has 0 N–H and O–H groups in total. The summed E-state index contributed by atoms with van der Waals surface area (Å²) >= 11 is 0. The van der Waals surface area contributed by atoms with Gasteiger partial charge in [0.1, 0.15) is 67.7 Å². The number of benzene rings is 25. The van der Waals surface area contributed by atoms with Crippen LogP contribution >= 0.6 is 0 Å². The first kappa shape index (κ1) is 77.8. The summed E-state index contributed by atoms with van der Waals surface area (Å²) < 4.78 is 38.9. The molecule has 3 aliphatic carbocycles. The van der Waals surface area contributed by atoms with Crippen LogP contribution in [-0.4, -0.2) is 6.10 Å². The molecule has 6 heteroatoms. The molecule has 0 amide bonds. The van der Waals surface area contributed by atoms with Gasteiger partial charge in [-0.05, 0) is 259 Å². The van der Waals surface area contributed by atoms with E-state index in [0.29, 0.717) is 0 Å². The summed E-state index contributed by atoms with van der Waals surface area (Å²) in [6, 6.07) is 147. The van der Waals surface area contributed by atoms with Gasteiger partial charge in [-0.3, -0.25) is 0 Å². The third-order valence-electron chi connectivity index (χ3n) is 31.7. The van der Waals surface area contributed by atoms with Crippen molar-refractivity contribution in [3.05, 3.63) is 470 Å². The molecule has 142 heavy (non-hydrogen) atoms. The molecule has 658 valence electrons. The lowest BCUT2D eigenvalue weighted by molar-refractivity contribution is 0.269. The molecule has 6 nitrogen and oxygen atoms in total. The highest BCUT2D eigenvalue weighted by molar-refractivity contribution is 6.31. The lowest BCUT2D eigenvalue weighted by Crippen LogP contribution is -2.17. The molecular formula is C136H78O6. The van der Waals surface area contributed by atoms with E-state index in [0.717, 1.165) is 144 Å². The molecule has 0 saturated heterocycles. The first-order valence-corrected chi connectivity index (χ1v) is 49.2. The van der Waals surface area contributed by atoms with Crippen molar-refractivity contribution in [3.8, 4) is 61.4 Å². The van der Waals surface area contributed by atoms with Crippen molar-refractivity contribution in [2.24, 2.45) is 0 Å². The van der Waals surface area contributed by atoms with Gasteiger partial charge in [0.2, 0.25) is 0 Å². The summed E-state index contributed by atoms with van der Waals surface area (Å²) in [5, 5.41) is 37.3. The van der Waals surface area contributed by atoms with Crippen LogP contribution < -0.4 is 4.74 Å². The van der Waals surface area contributed by atoms with E-state index in [2.05, 4.69) is 407 Å². The summed E-state index contributed by atoms with van der Waals surface area (Å²) in [5.41, 5.74) is 31.2. The zero-order valence-electron chi connectivity index (χ0n) is 76.5. The Bertz CT molecular complexity index is 10700. The summed E-state index contributed by atoms with van der Waals surface area (Å²) in [5.74, 6) is 1.29. The molecule has 25 aromatic carbocycles. The molecule has 1 aliphatic heterocycles. The molecule has 34 rings (SSSR count). The zero-order chi connectivity index (χ0) is 92.4. The van der Waals surface area contributed by atoms with Crippen LogP contribution in [0.25, 0.3) is 290 Å². The van der Waals surface area contributed by atoms with Gasteiger partial charge in [-0.2, -0.15) is 0 Å². The van der Waals surface area contributed by atoms with E-state index >= 15 is 0 Å². The molecule has 0 saturated carbocycles. The minimum absolute atomic E-state index is 0.0165. The maximum absolute atomic E-state index is 6.59. The molecule has 0 fully saturated rings. The molecule has 0 radical (unpaired) electrons. The third kappa shape index (κ3) is 11.4. The van der Waals surface area contributed by atoms with Crippen LogP contribution in [-0.2, 0) is 6.42 Å². The Morgan fingerprint density at radius 2 is 0.620 bits per heavy atom. The highest BCUT2D eigenvalue weighted by Crippen LogP contribution is 2.54. The minimum Gasteiger partial charge on any atom is -0.485 e. The standard InChI is InChI=1S/C56H34O2.2C40H22O2/c1-3-31-7-9-35-11-19-41(43-21-13-33(5-1)53(31)55(35)43)39-17-25-51-47(29-39)45-27-37(15-23-49(45)57-51)38-16-24-50-46(28-38)48-30-40(18-26-52(48)58-50)42-20-12-36-10-8-32-4-2-6-34-14-22-44(42)56(36)54(32)34;1-3-13-35-27(7-1)33-11-5-9-31(39(33)41-35)25-19-15-23-18-22-30-26(20-16-24-17-21-29(25)37(23)38(24)30)32-10-6-12-34-28-8-2-4-14-36(28)42-40(32)34;1-2-13-35-28(8-1)30-9-4-10-31(39(30)41-35)32-11-5-12-33-34-22-26(18-21-36(34)42-40(32)33)27-19-16-25-15-14-23-6-3-7-24-17-20-29(27)38(25)37(23)24/h1-13,15-30,42,47,51H,14H2;2*1-22H. The molecule has 3 unspecified atom stereocenters. The fourth-order valence-corrected chi connectivity index (χ4v) is 25.2. The topological polar surface area (TPSA) is 74.9 Å². The van der Waals surface area contributed by atoms with E-state index in [1.165, 1.54) is 186 Å². The number of fused-ring (bicyclic) bond motifs is 18. The van der Waals surface area contributed by atoms with Crippen molar-refractivity contribution in [2.75, 3.05) is 0 Å². The number of rotatable bonds is 7. The number of hydrogen-bond acceptors (Lipinski definition) is 6. The summed E-state index contributed by atoms with van der Waals surface area (Å²) in [6.07, 6.45) is 15.1. The van der Waals surface area contributed by atoms with Gasteiger partial charge in [-0.1, -0.05) is 370 Å². The highest BCUT2D eigenvalue weighted by atomic mass is 16.5. The fraction of sp³-hybridized carbons (Fsp3) is 0.0294. The molecular weight excluding hydrogens is 1730 g/mol. The first-order valence-electron chi connectivity index (χ1n) is 49.2. The Labute approximate surface area is 811 Å². The summed E-state index contributed by atoms with van der Waals surface area (Å²) in [4.78, 5) is 0. The Kier molecular flexibility index (Phi) is 16.2. The average molecular weight is 1810 g/mol. The Morgan fingerprint density at radius 1 is 0.232 bits per heavy atom. The van der Waals surface area contributed by atoms with Crippen LogP contribution in [0.2, 0.25) is 0 Å². The predicted molar refractivity (Wildman–Crippen MR) is 592 cm³/mol. The quantitative estimate of drug-likeness (QED) is 0.148. The normalized spacial score (nSPS) is 15.0. The number of ether oxygens (including phenoxy) is 1. The van der Waals surface area contributed by atoms with Gasteiger partial charge in [-0.15, -0.1) is 0 Å². The maximum atomic E-state index is 6.59. The Hall–Kier alpha value is -18.4. The predicted octanol–water partition coefficient (Wildman–Crippen LogP) is 38.0. The molecule has 3 atom stereocenters. The number of para-hydroxylation sites is 7. The van der Waals surface area contributed by atoms with Crippen molar-refractivity contribution in [1.82, 2.24) is 0 Å². The van der Waals surface area contributed by atoms with E-state index in [-0.39, 0.29) is 17.9 Å². The van der Waals surface area contributed by atoms with Crippen molar-refractivity contribution in [1.29, 1.82) is 0 Å². The van der Waals surface area contributed by atoms with Gasteiger partial charge < -0.3 is 26.8 Å². The second kappa shape index (κ2) is 29.6. The van der Waals surface area contributed by atoms with Crippen LogP contribution in [0.5, 0.6) is 5.75 Å². The van der Waals surface area contributed by atoms with Gasteiger partial charge >= 0.3 is 0 Å². The van der Waals surface area contributed by atoms with Gasteiger partial charge in [0.25, 0.3) is 0 Å². The van der Waals surface area contributed by atoms with Crippen LogP contribution in [0.1, 0.15) is 45.2 Å². The van der Waals surface area contributed by atoms with Crippen molar-refractivity contribution in [2.45, 2.75) is 24.4 Å². The Morgan fingerprint density at radius 3 is 1.18 bits per heavy atom. The van der Waals surface area contributed by atoms with E-state index in [1.807, 2.05) is 36.4 Å². The molecule has 0 bridgehead atoms. The Balaban J connectivity index is 0.0000000978. The largest absolute Gasteiger partial charge is 0.485 e. The van der Waals surface area contributed by atoms with E-state index in [4.69, 9.17) is 26.8 Å². The fourth-order valence-electron chi connectivity index (χ4n) is 25.2. The van der Waals surface area contributed by atoms with Crippen molar-refractivity contribution in [3.63, 3.8) is 0 Å². The lowest BCUT2D eigenvalue weighted by Gasteiger charge is -2.29. The second-order valence-corrected chi connectivity index (χ2v) is 39.1. The molecule has 0 spiro atoms. The van der Waals surface area contributed by atoms with E-state index in [1.54, 1.807) is 0 Å². The van der Waals surface area contributed by atoms with Gasteiger partial charge in [0.15, 0.2) is 0 Å². The monoisotopic (exact) mass is 1810 g/mol. The van der Waals surface area contributed by atoms with Gasteiger partial charge in [0.05, 0.1) is 0 Å². The molecule has 30 aromatic rings. The lowest BCUT2D eigenvalue weighted by atomic mass is 9.74. The summed E-state index contributed by atoms with van der Waals surface area (Å²) in [7, 11) is 0. The first-order chi connectivity index (χ1) is 70.3. The van der Waals surface area contributed by atoms with Gasteiger partial charge in [0, 0.05) is 93.5 Å². The number of hydrogen-bond donors (Lipinski definition) is 0. The molecule has 4 aliphatic rings. The van der Waals surface area contributed by atoms with Gasteiger partial charge in [-0.25, -0.2) is 0 Å². The highest BCUT2D eigenvalue weighted by Gasteiger charge is 2.36. The smallest absolute Gasteiger partial charge is 0.143 e. The second-order valence-electron chi connectivity index (χ2n) is 39.1. The van der Waals surface area contributed by atoms with Crippen LogP contribution in [0.3, 0.4) is 0 Å². The maximum Gasteiger partial charge on any atom is 0.143 e. The molecule has 5 aromatic heterocycles. The number of furan rings is 5. The summed E-state index contributed by atoms with van der Waals surface area (Å²) in [6.45, 7) is 0. The van der Waals surface area contributed by atoms with Crippen LogP contribution in [0.4, 0.5) is 0 Å². The van der Waals surface area contributed by atoms with E-state index in [9.17, 15) is 0 Å². The van der Waals surface area contributed by atoms with Crippen molar-refractivity contribution >= 4 is 235 Å². The minimum atomic E-state index is -0.0165. The molecule has 6 heterocycles. The zero-order valence-corrected chi connectivity index (χ0v) is 76.5.